The van der Waals surface area contributed by atoms with Gasteiger partial charge in [0.15, 0.2) is 5.76 Å². The number of unbranched alkanes of at least 4 members (excludes halogenated alkanes) is 2. The Bertz CT molecular complexity index is 1190. The second-order valence-electron chi connectivity index (χ2n) is 8.89. The number of carbonyl (C=O) groups excluding carboxylic acids is 2. The molecule has 0 saturated carbocycles. The lowest BCUT2D eigenvalue weighted by molar-refractivity contribution is -0.137. The summed E-state index contributed by atoms with van der Waals surface area (Å²) in [6.07, 6.45) is 5.50. The first-order valence-corrected chi connectivity index (χ1v) is 12.1. The lowest BCUT2D eigenvalue weighted by Crippen LogP contribution is -2.64. The Morgan fingerprint density at radius 3 is 2.77 bits per heavy atom. The van der Waals surface area contributed by atoms with Crippen molar-refractivity contribution in [1.29, 1.82) is 0 Å². The Labute approximate surface area is 203 Å². The van der Waals surface area contributed by atoms with Gasteiger partial charge < -0.3 is 19.8 Å². The van der Waals surface area contributed by atoms with Gasteiger partial charge in [0.2, 0.25) is 17.4 Å². The summed E-state index contributed by atoms with van der Waals surface area (Å²) in [4.78, 5) is 33.1. The molecule has 3 aromatic rings. The minimum absolute atomic E-state index is 0.0124. The maximum atomic E-state index is 14.7. The van der Waals surface area contributed by atoms with Gasteiger partial charge in [-0.1, -0.05) is 38.0 Å². The number of benzene rings is 1. The quantitative estimate of drug-likeness (QED) is 0.371. The molecule has 1 fully saturated rings. The molecule has 1 aliphatic heterocycles. The molecule has 1 unspecified atom stereocenters. The number of halogens is 1. The molecule has 0 radical (unpaired) electrons. The number of alkyl halides is 1. The second-order valence-corrected chi connectivity index (χ2v) is 8.89. The van der Waals surface area contributed by atoms with E-state index in [1.54, 1.807) is 6.20 Å². The number of nitrogens with zero attached hydrogens (tertiary/aromatic N) is 2. The number of rotatable bonds is 12. The zero-order valence-electron chi connectivity index (χ0n) is 20.1. The van der Waals surface area contributed by atoms with Crippen molar-refractivity contribution in [1.82, 2.24) is 20.6 Å². The Morgan fingerprint density at radius 1 is 1.26 bits per heavy atom. The smallest absolute Gasteiger partial charge is 0.261 e. The first-order valence-electron chi connectivity index (χ1n) is 12.1. The zero-order valence-corrected chi connectivity index (χ0v) is 20.1. The van der Waals surface area contributed by atoms with Crippen LogP contribution < -0.4 is 15.4 Å². The molecule has 1 aliphatic rings. The van der Waals surface area contributed by atoms with Gasteiger partial charge in [-0.3, -0.25) is 9.59 Å². The molecular weight excluding hydrogens is 451 g/mol. The summed E-state index contributed by atoms with van der Waals surface area (Å²) in [7, 11) is 1.54. The van der Waals surface area contributed by atoms with Crippen molar-refractivity contribution >= 4 is 22.6 Å². The van der Waals surface area contributed by atoms with Gasteiger partial charge in [0.25, 0.3) is 5.91 Å². The predicted molar refractivity (Wildman–Crippen MR) is 130 cm³/mol. The van der Waals surface area contributed by atoms with Crippen molar-refractivity contribution in [2.45, 2.75) is 57.2 Å². The van der Waals surface area contributed by atoms with Crippen molar-refractivity contribution in [3.63, 3.8) is 0 Å². The van der Waals surface area contributed by atoms with Crippen LogP contribution in [0.15, 0.2) is 40.9 Å². The molecule has 2 aromatic heterocycles. The van der Waals surface area contributed by atoms with Gasteiger partial charge in [0.05, 0.1) is 24.4 Å². The number of para-hydroxylation sites is 1. The van der Waals surface area contributed by atoms with Crippen LogP contribution in [0.1, 0.15) is 57.4 Å². The number of carbonyl (C=O) groups is 2. The summed E-state index contributed by atoms with van der Waals surface area (Å²) < 4.78 is 26.2. The molecule has 0 aliphatic carbocycles. The second kappa shape index (κ2) is 10.9. The monoisotopic (exact) mass is 482 g/mol. The molecule has 35 heavy (non-hydrogen) atoms. The van der Waals surface area contributed by atoms with Crippen molar-refractivity contribution < 1.29 is 23.1 Å². The number of ketones is 1. The topological polar surface area (TPSA) is 106 Å². The van der Waals surface area contributed by atoms with E-state index in [0.717, 1.165) is 30.2 Å². The third-order valence-electron chi connectivity index (χ3n) is 6.33. The Balaban J connectivity index is 1.53. The van der Waals surface area contributed by atoms with E-state index in [0.29, 0.717) is 42.4 Å². The van der Waals surface area contributed by atoms with Crippen LogP contribution in [-0.2, 0) is 9.59 Å². The molecule has 0 bridgehead atoms. The lowest BCUT2D eigenvalue weighted by atomic mass is 9.97. The van der Waals surface area contributed by atoms with Crippen LogP contribution in [0.4, 0.5) is 4.39 Å². The van der Waals surface area contributed by atoms with Gasteiger partial charge in [0, 0.05) is 31.3 Å². The van der Waals surface area contributed by atoms with E-state index >= 15 is 0 Å². The van der Waals surface area contributed by atoms with E-state index in [-0.39, 0.29) is 18.9 Å². The molecule has 186 valence electrons. The van der Waals surface area contributed by atoms with Gasteiger partial charge >= 0.3 is 0 Å². The van der Waals surface area contributed by atoms with Crippen LogP contribution >= 0.6 is 0 Å². The van der Waals surface area contributed by atoms with Crippen molar-refractivity contribution in [3.05, 3.63) is 42.4 Å². The van der Waals surface area contributed by atoms with Crippen LogP contribution in [0.2, 0.25) is 0 Å². The summed E-state index contributed by atoms with van der Waals surface area (Å²) in [5.74, 6) is 0.706. The number of amides is 1. The number of oxazole rings is 1. The van der Waals surface area contributed by atoms with Crippen molar-refractivity contribution in [3.8, 4) is 17.2 Å². The average Bonchev–Trinajstić information content (AvgIpc) is 3.35. The molecule has 1 atom stereocenters. The van der Waals surface area contributed by atoms with Gasteiger partial charge in [-0.15, -0.1) is 0 Å². The first kappa shape index (κ1) is 24.8. The number of pyridine rings is 1. The van der Waals surface area contributed by atoms with Gasteiger partial charge in [0.1, 0.15) is 11.8 Å². The van der Waals surface area contributed by atoms with Crippen LogP contribution in [0, 0.1) is 0 Å². The van der Waals surface area contributed by atoms with Crippen LogP contribution in [-0.4, -0.2) is 47.5 Å². The molecule has 9 heteroatoms. The minimum atomic E-state index is -1.92. The van der Waals surface area contributed by atoms with E-state index in [4.69, 9.17) is 9.15 Å². The SMILES string of the molecule is CCC(=O)CCCCCC(NC(=O)C1(F)CNC1)c1ncc(-c2cc3ccccc3nc2OC)o1. The highest BCUT2D eigenvalue weighted by atomic mass is 19.1. The Morgan fingerprint density at radius 2 is 2.06 bits per heavy atom. The number of Topliss-reactive ketones (excluding diaryl/α,β-unsaturated/α-hetero) is 1. The average molecular weight is 483 g/mol. The highest BCUT2D eigenvalue weighted by molar-refractivity contribution is 5.87. The molecule has 4 rings (SSSR count). The molecule has 1 aromatic carbocycles. The predicted octanol–water partition coefficient (Wildman–Crippen LogP) is 4.30. The number of hydrogen-bond donors (Lipinski definition) is 2. The van der Waals surface area contributed by atoms with Crippen molar-refractivity contribution in [2.75, 3.05) is 20.2 Å². The third kappa shape index (κ3) is 5.67. The normalized spacial score (nSPS) is 15.4. The van der Waals surface area contributed by atoms with Gasteiger partial charge in [-0.05, 0) is 25.0 Å². The van der Waals surface area contributed by atoms with E-state index in [1.165, 1.54) is 7.11 Å². The molecule has 1 amide bonds. The number of aromatic nitrogens is 2. The highest BCUT2D eigenvalue weighted by Crippen LogP contribution is 2.34. The summed E-state index contributed by atoms with van der Waals surface area (Å²) in [5.41, 5.74) is -0.493. The standard InChI is InChI=1S/C26H31FN4O4/c1-3-18(32)10-5-4-6-12-21(31-25(33)26(27)15-28-16-26)24-29-14-22(35-24)19-13-17-9-7-8-11-20(17)30-23(19)34-2/h7-9,11,13-14,21,28H,3-6,10,12,15-16H2,1-2H3,(H,31,33). The Hall–Kier alpha value is -3.33. The maximum Gasteiger partial charge on any atom is 0.261 e. The van der Waals surface area contributed by atoms with E-state index in [2.05, 4.69) is 20.6 Å². The summed E-state index contributed by atoms with van der Waals surface area (Å²) in [6, 6.07) is 9.00. The molecule has 1 saturated heterocycles. The highest BCUT2D eigenvalue weighted by Gasteiger charge is 2.45. The van der Waals surface area contributed by atoms with E-state index in [9.17, 15) is 14.0 Å². The largest absolute Gasteiger partial charge is 0.480 e. The zero-order chi connectivity index (χ0) is 24.8. The molecular formula is C26H31FN4O4. The first-order chi connectivity index (χ1) is 16.9. The van der Waals surface area contributed by atoms with Crippen LogP contribution in [0.5, 0.6) is 5.88 Å². The third-order valence-corrected chi connectivity index (χ3v) is 6.33. The van der Waals surface area contributed by atoms with Crippen LogP contribution in [0.25, 0.3) is 22.2 Å². The summed E-state index contributed by atoms with van der Waals surface area (Å²) in [6.45, 7) is 1.83. The van der Waals surface area contributed by atoms with E-state index in [1.807, 2.05) is 37.3 Å². The number of hydrogen-bond acceptors (Lipinski definition) is 7. The van der Waals surface area contributed by atoms with Gasteiger partial charge in [-0.25, -0.2) is 14.4 Å². The fraction of sp³-hybridized carbons (Fsp3) is 0.462. The van der Waals surface area contributed by atoms with E-state index < -0.39 is 17.6 Å². The van der Waals surface area contributed by atoms with Crippen LogP contribution in [0.3, 0.4) is 0 Å². The molecule has 8 nitrogen and oxygen atoms in total. The molecule has 0 spiro atoms. The summed E-state index contributed by atoms with van der Waals surface area (Å²) >= 11 is 0. The Kier molecular flexibility index (Phi) is 7.75. The van der Waals surface area contributed by atoms with Gasteiger partial charge in [-0.2, -0.15) is 0 Å². The number of methoxy groups -OCH3 is 1. The number of nitrogens with one attached hydrogen (secondary N) is 2. The molecule has 3 heterocycles. The minimum Gasteiger partial charge on any atom is -0.480 e. The number of ether oxygens (including phenoxy) is 1. The fourth-order valence-electron chi connectivity index (χ4n) is 4.08. The summed E-state index contributed by atoms with van der Waals surface area (Å²) in [5, 5.41) is 6.50. The maximum absolute atomic E-state index is 14.7. The molecule has 2 N–H and O–H groups in total. The lowest BCUT2D eigenvalue weighted by Gasteiger charge is -2.34. The number of fused-ring (bicyclic) bond motifs is 1. The van der Waals surface area contributed by atoms with Crippen molar-refractivity contribution in [2.24, 2.45) is 0 Å². The fourth-order valence-corrected chi connectivity index (χ4v) is 4.08.